The molecular formula is C14H13ClF3N. The van der Waals surface area contributed by atoms with Crippen molar-refractivity contribution in [3.8, 4) is 0 Å². The van der Waals surface area contributed by atoms with E-state index in [1.807, 2.05) is 30.3 Å². The molecule has 0 aliphatic heterocycles. The molecular weight excluding hydrogens is 275 g/mol. The molecule has 1 atom stereocenters. The Hall–Kier alpha value is -1.52. The molecule has 2 N–H and O–H groups in total. The van der Waals surface area contributed by atoms with Crippen molar-refractivity contribution in [1.82, 2.24) is 0 Å². The van der Waals surface area contributed by atoms with E-state index in [2.05, 4.69) is 0 Å². The summed E-state index contributed by atoms with van der Waals surface area (Å²) in [7, 11) is 0. The molecule has 0 saturated carbocycles. The second-order valence-electron chi connectivity index (χ2n) is 4.01. The molecule has 102 valence electrons. The van der Waals surface area contributed by atoms with Gasteiger partial charge in [0.15, 0.2) is 0 Å². The average molecular weight is 288 g/mol. The lowest BCUT2D eigenvalue weighted by atomic mass is 9.98. The Morgan fingerprint density at radius 1 is 0.789 bits per heavy atom. The predicted octanol–water partition coefficient (Wildman–Crippen LogP) is 4.18. The molecule has 0 radical (unpaired) electrons. The largest absolute Gasteiger partial charge is 0.416 e. The summed E-state index contributed by atoms with van der Waals surface area (Å²) < 4.78 is 37.2. The third-order valence-corrected chi connectivity index (χ3v) is 2.76. The van der Waals surface area contributed by atoms with Crippen molar-refractivity contribution in [2.24, 2.45) is 5.73 Å². The highest BCUT2D eigenvalue weighted by molar-refractivity contribution is 5.85. The summed E-state index contributed by atoms with van der Waals surface area (Å²) in [6.45, 7) is 0. The molecule has 2 rings (SSSR count). The van der Waals surface area contributed by atoms with Gasteiger partial charge in [-0.1, -0.05) is 42.5 Å². The third-order valence-electron chi connectivity index (χ3n) is 2.76. The van der Waals surface area contributed by atoms with Gasteiger partial charge in [0.05, 0.1) is 11.6 Å². The number of halogens is 4. The molecule has 0 spiro atoms. The molecule has 0 fully saturated rings. The first-order valence-electron chi connectivity index (χ1n) is 5.46. The standard InChI is InChI=1S/C14H12F3N.ClH/c15-14(16,17)12-8-6-11(7-9-12)13(18)10-4-2-1-3-5-10;/h1-9,13H,18H2;1H. The van der Waals surface area contributed by atoms with Crippen LogP contribution in [0.1, 0.15) is 22.7 Å². The zero-order chi connectivity index (χ0) is 13.2. The van der Waals surface area contributed by atoms with Crippen LogP contribution in [0.2, 0.25) is 0 Å². The van der Waals surface area contributed by atoms with Gasteiger partial charge in [-0.3, -0.25) is 0 Å². The minimum atomic E-state index is -4.31. The molecule has 0 aliphatic carbocycles. The molecule has 1 nitrogen and oxygen atoms in total. The van der Waals surface area contributed by atoms with Gasteiger partial charge >= 0.3 is 6.18 Å². The van der Waals surface area contributed by atoms with E-state index in [9.17, 15) is 13.2 Å². The predicted molar refractivity (Wildman–Crippen MR) is 71.2 cm³/mol. The Bertz CT molecular complexity index is 508. The zero-order valence-corrected chi connectivity index (χ0v) is 10.7. The van der Waals surface area contributed by atoms with Gasteiger partial charge in [0, 0.05) is 0 Å². The van der Waals surface area contributed by atoms with Crippen molar-refractivity contribution >= 4 is 12.4 Å². The van der Waals surface area contributed by atoms with Gasteiger partial charge in [0.25, 0.3) is 0 Å². The van der Waals surface area contributed by atoms with Crippen LogP contribution in [-0.4, -0.2) is 0 Å². The van der Waals surface area contributed by atoms with Crippen LogP contribution >= 0.6 is 12.4 Å². The second-order valence-corrected chi connectivity index (χ2v) is 4.01. The number of hydrogen-bond acceptors (Lipinski definition) is 1. The van der Waals surface area contributed by atoms with Crippen LogP contribution < -0.4 is 5.73 Å². The van der Waals surface area contributed by atoms with E-state index in [4.69, 9.17) is 5.73 Å². The number of hydrogen-bond donors (Lipinski definition) is 1. The van der Waals surface area contributed by atoms with Crippen molar-refractivity contribution in [3.05, 3.63) is 71.3 Å². The van der Waals surface area contributed by atoms with Crippen LogP contribution in [0, 0.1) is 0 Å². The van der Waals surface area contributed by atoms with Crippen LogP contribution in [0.4, 0.5) is 13.2 Å². The first-order valence-corrected chi connectivity index (χ1v) is 5.46. The molecule has 1 unspecified atom stereocenters. The summed E-state index contributed by atoms with van der Waals surface area (Å²) in [4.78, 5) is 0. The summed E-state index contributed by atoms with van der Waals surface area (Å²) >= 11 is 0. The van der Waals surface area contributed by atoms with E-state index < -0.39 is 17.8 Å². The normalized spacial score (nSPS) is 12.6. The number of nitrogens with two attached hydrogens (primary N) is 1. The molecule has 2 aromatic rings. The highest BCUT2D eigenvalue weighted by atomic mass is 35.5. The Morgan fingerprint density at radius 2 is 1.26 bits per heavy atom. The van der Waals surface area contributed by atoms with Gasteiger partial charge in [-0.15, -0.1) is 12.4 Å². The Morgan fingerprint density at radius 3 is 1.74 bits per heavy atom. The summed E-state index contributed by atoms with van der Waals surface area (Å²) in [5.41, 5.74) is 6.87. The topological polar surface area (TPSA) is 26.0 Å². The highest BCUT2D eigenvalue weighted by Crippen LogP contribution is 2.30. The molecule has 0 bridgehead atoms. The lowest BCUT2D eigenvalue weighted by Crippen LogP contribution is -2.12. The molecule has 19 heavy (non-hydrogen) atoms. The van der Waals surface area contributed by atoms with Crippen molar-refractivity contribution in [2.45, 2.75) is 12.2 Å². The van der Waals surface area contributed by atoms with Crippen LogP contribution in [0.25, 0.3) is 0 Å². The van der Waals surface area contributed by atoms with Crippen molar-refractivity contribution in [3.63, 3.8) is 0 Å². The van der Waals surface area contributed by atoms with Crippen molar-refractivity contribution in [1.29, 1.82) is 0 Å². The summed E-state index contributed by atoms with van der Waals surface area (Å²) in [5.74, 6) is 0. The maximum absolute atomic E-state index is 12.4. The fourth-order valence-electron chi connectivity index (χ4n) is 1.73. The first-order chi connectivity index (χ1) is 8.48. The summed E-state index contributed by atoms with van der Waals surface area (Å²) in [6, 6.07) is 13.8. The smallest absolute Gasteiger partial charge is 0.320 e. The van der Waals surface area contributed by atoms with E-state index in [1.165, 1.54) is 12.1 Å². The van der Waals surface area contributed by atoms with Gasteiger partial charge in [0.1, 0.15) is 0 Å². The summed E-state index contributed by atoms with van der Waals surface area (Å²) in [6.07, 6.45) is -4.31. The maximum Gasteiger partial charge on any atom is 0.416 e. The van der Waals surface area contributed by atoms with Gasteiger partial charge in [-0.2, -0.15) is 13.2 Å². The van der Waals surface area contributed by atoms with Gasteiger partial charge in [0.2, 0.25) is 0 Å². The molecule has 0 heterocycles. The van der Waals surface area contributed by atoms with Crippen LogP contribution in [0.15, 0.2) is 54.6 Å². The van der Waals surface area contributed by atoms with E-state index in [0.717, 1.165) is 17.7 Å². The zero-order valence-electron chi connectivity index (χ0n) is 9.89. The van der Waals surface area contributed by atoms with Gasteiger partial charge in [-0.05, 0) is 23.3 Å². The summed E-state index contributed by atoms with van der Waals surface area (Å²) in [5, 5.41) is 0. The molecule has 0 amide bonds. The van der Waals surface area contributed by atoms with Gasteiger partial charge < -0.3 is 5.73 Å². The highest BCUT2D eigenvalue weighted by Gasteiger charge is 2.30. The monoisotopic (exact) mass is 287 g/mol. The Kier molecular flexibility index (Phi) is 4.97. The van der Waals surface area contributed by atoms with Crippen LogP contribution in [-0.2, 0) is 6.18 Å². The fourth-order valence-corrected chi connectivity index (χ4v) is 1.73. The van der Waals surface area contributed by atoms with Crippen molar-refractivity contribution < 1.29 is 13.2 Å². The molecule has 0 aliphatic rings. The van der Waals surface area contributed by atoms with Crippen molar-refractivity contribution in [2.75, 3.05) is 0 Å². The van der Waals surface area contributed by atoms with Crippen LogP contribution in [0.3, 0.4) is 0 Å². The quantitative estimate of drug-likeness (QED) is 0.881. The minimum absolute atomic E-state index is 0. The Balaban J connectivity index is 0.00000180. The third kappa shape index (κ3) is 3.72. The SMILES string of the molecule is Cl.NC(c1ccccc1)c1ccc(C(F)(F)F)cc1. The maximum atomic E-state index is 12.4. The molecule has 0 aromatic heterocycles. The average Bonchev–Trinajstić information content (AvgIpc) is 2.38. The molecule has 5 heteroatoms. The lowest BCUT2D eigenvalue weighted by Gasteiger charge is -2.13. The minimum Gasteiger partial charge on any atom is -0.320 e. The molecule has 2 aromatic carbocycles. The number of alkyl halides is 3. The number of benzene rings is 2. The lowest BCUT2D eigenvalue weighted by molar-refractivity contribution is -0.137. The van der Waals surface area contributed by atoms with E-state index in [1.54, 1.807) is 0 Å². The van der Waals surface area contributed by atoms with E-state index >= 15 is 0 Å². The first kappa shape index (κ1) is 15.5. The Labute approximate surface area is 115 Å². The second kappa shape index (κ2) is 6.08. The van der Waals surface area contributed by atoms with E-state index in [0.29, 0.717) is 5.56 Å². The number of rotatable bonds is 2. The van der Waals surface area contributed by atoms with Gasteiger partial charge in [-0.25, -0.2) is 0 Å². The van der Waals surface area contributed by atoms with Crippen LogP contribution in [0.5, 0.6) is 0 Å². The fraction of sp³-hybridized carbons (Fsp3) is 0.143. The molecule has 0 saturated heterocycles. The van der Waals surface area contributed by atoms with E-state index in [-0.39, 0.29) is 12.4 Å².